The van der Waals surface area contributed by atoms with Crippen LogP contribution >= 0.6 is 0 Å². The van der Waals surface area contributed by atoms with Gasteiger partial charge >= 0.3 is 0 Å². The molecule has 29 heavy (non-hydrogen) atoms. The monoisotopic (exact) mass is 388 g/mol. The molecule has 1 atom stereocenters. The number of aliphatic imine (C=N–C) groups is 1. The topological polar surface area (TPSA) is 67.8 Å². The van der Waals surface area contributed by atoms with Crippen molar-refractivity contribution in [1.82, 2.24) is 0 Å². The molecular weight excluding hydrogens is 364 g/mol. The number of furan rings is 1. The fourth-order valence-corrected chi connectivity index (χ4v) is 3.54. The van der Waals surface area contributed by atoms with Gasteiger partial charge in [0, 0.05) is 18.0 Å². The van der Waals surface area contributed by atoms with Gasteiger partial charge in [0.15, 0.2) is 11.3 Å². The van der Waals surface area contributed by atoms with E-state index in [-0.39, 0.29) is 5.92 Å². The summed E-state index contributed by atoms with van der Waals surface area (Å²) in [5.41, 5.74) is 2.52. The quantitative estimate of drug-likeness (QED) is 0.479. The van der Waals surface area contributed by atoms with E-state index in [2.05, 4.69) is 17.1 Å². The van der Waals surface area contributed by atoms with Gasteiger partial charge in [0.25, 0.3) is 0 Å². The molecule has 5 nitrogen and oxygen atoms in total. The summed E-state index contributed by atoms with van der Waals surface area (Å²) in [6.07, 6.45) is 5.69. The van der Waals surface area contributed by atoms with E-state index < -0.39 is 0 Å². The van der Waals surface area contributed by atoms with Gasteiger partial charge in [-0.2, -0.15) is 5.26 Å². The van der Waals surface area contributed by atoms with Crippen LogP contribution in [0.4, 0.5) is 5.69 Å². The number of hydrogen-bond acceptors (Lipinski definition) is 5. The maximum absolute atomic E-state index is 9.68. The van der Waals surface area contributed by atoms with Gasteiger partial charge < -0.3 is 13.9 Å². The third kappa shape index (κ3) is 4.27. The molecule has 4 rings (SSSR count). The van der Waals surface area contributed by atoms with E-state index in [9.17, 15) is 5.26 Å². The molecule has 1 fully saturated rings. The fraction of sp³-hybridized carbons (Fsp3) is 0.333. The van der Waals surface area contributed by atoms with E-state index in [1.165, 1.54) is 12.8 Å². The molecule has 0 spiro atoms. The van der Waals surface area contributed by atoms with Crippen LogP contribution in [0.2, 0.25) is 0 Å². The van der Waals surface area contributed by atoms with Crippen LogP contribution in [0.1, 0.15) is 24.2 Å². The Kier molecular flexibility index (Phi) is 5.53. The Hall–Kier alpha value is -3.26. The van der Waals surface area contributed by atoms with Gasteiger partial charge in [-0.25, -0.2) is 0 Å². The van der Waals surface area contributed by atoms with Gasteiger partial charge in [0.1, 0.15) is 5.76 Å². The number of fused-ring (bicyclic) bond motifs is 1. The zero-order valence-electron chi connectivity index (χ0n) is 16.7. The maximum Gasteiger partial charge on any atom is 0.204 e. The number of nitriles is 1. The first-order valence-corrected chi connectivity index (χ1v) is 9.87. The second-order valence-electron chi connectivity index (χ2n) is 7.43. The maximum atomic E-state index is 9.68. The molecule has 1 aliphatic rings. The van der Waals surface area contributed by atoms with Gasteiger partial charge in [0.2, 0.25) is 5.75 Å². The largest absolute Gasteiger partial charge is 0.493 e. The Balaban J connectivity index is 1.68. The molecule has 0 N–H and O–H groups in total. The second-order valence-corrected chi connectivity index (χ2v) is 7.43. The van der Waals surface area contributed by atoms with Crippen LogP contribution in [-0.2, 0) is 12.8 Å². The van der Waals surface area contributed by atoms with Crippen LogP contribution < -0.4 is 9.47 Å². The van der Waals surface area contributed by atoms with Crippen molar-refractivity contribution in [1.29, 1.82) is 5.26 Å². The van der Waals surface area contributed by atoms with Gasteiger partial charge in [-0.3, -0.25) is 4.99 Å². The fourth-order valence-electron chi connectivity index (χ4n) is 3.54. The van der Waals surface area contributed by atoms with E-state index in [0.29, 0.717) is 23.5 Å². The smallest absolute Gasteiger partial charge is 0.204 e. The predicted molar refractivity (Wildman–Crippen MR) is 113 cm³/mol. The molecule has 0 bridgehead atoms. The van der Waals surface area contributed by atoms with Crippen molar-refractivity contribution in [2.75, 3.05) is 14.2 Å². The second kappa shape index (κ2) is 8.40. The highest BCUT2D eigenvalue weighted by Crippen LogP contribution is 2.42. The third-order valence-corrected chi connectivity index (χ3v) is 5.24. The highest BCUT2D eigenvalue weighted by molar-refractivity contribution is 5.90. The van der Waals surface area contributed by atoms with Crippen LogP contribution in [0.5, 0.6) is 11.5 Å². The van der Waals surface area contributed by atoms with Crippen molar-refractivity contribution in [3.05, 3.63) is 53.8 Å². The van der Waals surface area contributed by atoms with Crippen molar-refractivity contribution >= 4 is 22.9 Å². The zero-order valence-corrected chi connectivity index (χ0v) is 16.7. The van der Waals surface area contributed by atoms with Crippen molar-refractivity contribution in [3.8, 4) is 17.6 Å². The molecule has 1 unspecified atom stereocenters. The Morgan fingerprint density at radius 1 is 1.21 bits per heavy atom. The molecule has 148 valence electrons. The lowest BCUT2D eigenvalue weighted by atomic mass is 9.97. The van der Waals surface area contributed by atoms with Crippen molar-refractivity contribution in [2.45, 2.75) is 25.7 Å². The average Bonchev–Trinajstić information content (AvgIpc) is 3.47. The summed E-state index contributed by atoms with van der Waals surface area (Å²) in [6.45, 7) is 0. The lowest BCUT2D eigenvalue weighted by Gasteiger charge is -2.12. The minimum absolute atomic E-state index is 0.363. The summed E-state index contributed by atoms with van der Waals surface area (Å²) < 4.78 is 17.2. The third-order valence-electron chi connectivity index (χ3n) is 5.24. The molecule has 3 aromatic rings. The molecule has 1 aromatic heterocycles. The number of rotatable bonds is 8. The lowest BCUT2D eigenvalue weighted by molar-refractivity contribution is 0.352. The Morgan fingerprint density at radius 2 is 2.00 bits per heavy atom. The molecule has 1 heterocycles. The Morgan fingerprint density at radius 3 is 2.66 bits per heavy atom. The molecule has 2 aromatic carbocycles. The summed E-state index contributed by atoms with van der Waals surface area (Å²) in [4.78, 5) is 4.46. The highest BCUT2D eigenvalue weighted by atomic mass is 16.5. The first-order valence-electron chi connectivity index (χ1n) is 9.87. The first-order chi connectivity index (χ1) is 14.2. The van der Waals surface area contributed by atoms with E-state index in [1.807, 2.05) is 36.4 Å². The van der Waals surface area contributed by atoms with Crippen LogP contribution in [-0.4, -0.2) is 20.4 Å². The molecule has 0 radical (unpaired) electrons. The normalized spacial score (nSPS) is 14.8. The predicted octanol–water partition coefficient (Wildman–Crippen LogP) is 5.49. The average molecular weight is 388 g/mol. The summed E-state index contributed by atoms with van der Waals surface area (Å²) in [5.74, 6) is 2.52. The summed E-state index contributed by atoms with van der Waals surface area (Å²) >= 11 is 0. The Labute approximate surface area is 170 Å². The van der Waals surface area contributed by atoms with Gasteiger partial charge in [-0.15, -0.1) is 0 Å². The van der Waals surface area contributed by atoms with Gasteiger partial charge in [-0.05, 0) is 55.0 Å². The Bertz CT molecular complexity index is 1060. The number of benzene rings is 2. The van der Waals surface area contributed by atoms with E-state index >= 15 is 0 Å². The van der Waals surface area contributed by atoms with E-state index in [4.69, 9.17) is 13.9 Å². The zero-order chi connectivity index (χ0) is 20.2. The van der Waals surface area contributed by atoms with E-state index in [0.717, 1.165) is 34.7 Å². The minimum atomic E-state index is -0.363. The van der Waals surface area contributed by atoms with Crippen molar-refractivity contribution in [3.63, 3.8) is 0 Å². The first kappa shape index (κ1) is 19.1. The molecule has 1 aliphatic carbocycles. The highest BCUT2D eigenvalue weighted by Gasteiger charge is 2.25. The minimum Gasteiger partial charge on any atom is -0.493 e. The van der Waals surface area contributed by atoms with Crippen LogP contribution in [0.15, 0.2) is 51.9 Å². The van der Waals surface area contributed by atoms with Crippen molar-refractivity contribution in [2.24, 2.45) is 16.8 Å². The molecule has 1 saturated carbocycles. The molecule has 0 saturated heterocycles. The van der Waals surface area contributed by atoms with Crippen LogP contribution in [0, 0.1) is 23.2 Å². The summed E-state index contributed by atoms with van der Waals surface area (Å²) in [7, 11) is 3.23. The molecule has 5 heteroatoms. The SMILES string of the molecule is COc1cc(CC(C#N)C=Nc2ccccc2)c2cc(CC3CC3)oc2c1OC. The van der Waals surface area contributed by atoms with E-state index in [1.54, 1.807) is 20.4 Å². The number of ether oxygens (including phenoxy) is 2. The van der Waals surface area contributed by atoms with Crippen LogP contribution in [0.25, 0.3) is 11.0 Å². The number of hydrogen-bond donors (Lipinski definition) is 0. The molecule has 0 aliphatic heterocycles. The number of nitrogens with zero attached hydrogens (tertiary/aromatic N) is 2. The number of methoxy groups -OCH3 is 2. The molecular formula is C24H24N2O3. The lowest BCUT2D eigenvalue weighted by Crippen LogP contribution is -2.04. The summed E-state index contributed by atoms with van der Waals surface area (Å²) in [6, 6.07) is 16.0. The van der Waals surface area contributed by atoms with Gasteiger partial charge in [0.05, 0.1) is 31.9 Å². The van der Waals surface area contributed by atoms with Crippen molar-refractivity contribution < 1.29 is 13.9 Å². The molecule has 0 amide bonds. The number of para-hydroxylation sites is 1. The van der Waals surface area contributed by atoms with Gasteiger partial charge in [-0.1, -0.05) is 18.2 Å². The summed E-state index contributed by atoms with van der Waals surface area (Å²) in [5, 5.41) is 10.7. The standard InChI is InChI=1S/C24H24N2O3/c1-27-22-12-18(10-17(14-25)15-26-19-6-4-3-5-7-19)21-13-20(11-16-8-9-16)29-23(21)24(22)28-2/h3-7,12-13,15-17H,8-11H2,1-2H3. The van der Waals surface area contributed by atoms with Crippen LogP contribution in [0.3, 0.4) is 0 Å².